The number of carbonyl (C=O) groups is 1. The fraction of sp³-hybridized carbons (Fsp3) is 0.158. The summed E-state index contributed by atoms with van der Waals surface area (Å²) < 4.78 is 20.6. The number of carbonyl (C=O) groups excluding carboxylic acids is 1. The number of phenols is 1. The molecule has 0 saturated carbocycles. The molecule has 1 aromatic heterocycles. The Morgan fingerprint density at radius 2 is 1.81 bits per heavy atom. The zero-order chi connectivity index (χ0) is 18.5. The summed E-state index contributed by atoms with van der Waals surface area (Å²) in [5.41, 5.74) is 0.107. The summed E-state index contributed by atoms with van der Waals surface area (Å²) in [5.74, 6) is 0.577. The number of hydrogen-bond donors (Lipinski definition) is 1. The van der Waals surface area contributed by atoms with E-state index < -0.39 is 11.6 Å². The first kappa shape index (κ1) is 17.3. The highest BCUT2D eigenvalue weighted by atomic mass is 16.6. The van der Waals surface area contributed by atoms with Crippen LogP contribution in [0.4, 0.5) is 0 Å². The minimum atomic E-state index is -0.594. The van der Waals surface area contributed by atoms with E-state index in [0.717, 1.165) is 0 Å². The lowest BCUT2D eigenvalue weighted by Crippen LogP contribution is -2.15. The van der Waals surface area contributed by atoms with Crippen molar-refractivity contribution in [3.05, 3.63) is 64.5 Å². The van der Waals surface area contributed by atoms with E-state index in [1.807, 2.05) is 0 Å². The molecule has 0 aliphatic rings. The summed E-state index contributed by atoms with van der Waals surface area (Å²) in [7, 11) is 1.56. The molecule has 0 amide bonds. The number of methoxy groups -OCH3 is 1. The average molecular weight is 356 g/mol. The van der Waals surface area contributed by atoms with Crippen molar-refractivity contribution in [1.29, 1.82) is 0 Å². The van der Waals surface area contributed by atoms with Crippen molar-refractivity contribution in [1.82, 2.24) is 0 Å². The lowest BCUT2D eigenvalue weighted by Gasteiger charge is -2.09. The molecule has 0 saturated heterocycles. The van der Waals surface area contributed by atoms with E-state index >= 15 is 0 Å². The Hall–Kier alpha value is -3.48. The van der Waals surface area contributed by atoms with Crippen molar-refractivity contribution < 1.29 is 28.5 Å². The van der Waals surface area contributed by atoms with E-state index in [-0.39, 0.29) is 24.5 Å². The summed E-state index contributed by atoms with van der Waals surface area (Å²) >= 11 is 0. The standard InChI is InChI=1S/C19H16O7/c1-23-14-3-5-15(6-4-14)24-11-19(22)25-10-12-8-18(21)26-17-9-13(20)2-7-16(12)17/h2-9,20H,10-11H2,1H3. The van der Waals surface area contributed by atoms with Gasteiger partial charge in [0.2, 0.25) is 0 Å². The van der Waals surface area contributed by atoms with E-state index in [9.17, 15) is 14.7 Å². The minimum Gasteiger partial charge on any atom is -0.508 e. The molecule has 7 nitrogen and oxygen atoms in total. The van der Waals surface area contributed by atoms with Gasteiger partial charge in [0.25, 0.3) is 0 Å². The van der Waals surface area contributed by atoms with Gasteiger partial charge in [-0.1, -0.05) is 0 Å². The van der Waals surface area contributed by atoms with Crippen LogP contribution in [0.2, 0.25) is 0 Å². The first-order valence-electron chi connectivity index (χ1n) is 7.73. The molecular weight excluding hydrogens is 340 g/mol. The van der Waals surface area contributed by atoms with E-state index in [1.165, 1.54) is 18.2 Å². The number of hydrogen-bond acceptors (Lipinski definition) is 7. The van der Waals surface area contributed by atoms with Crippen LogP contribution in [0.5, 0.6) is 17.2 Å². The van der Waals surface area contributed by atoms with Crippen molar-refractivity contribution in [2.75, 3.05) is 13.7 Å². The predicted molar refractivity (Wildman–Crippen MR) is 92.4 cm³/mol. The molecule has 0 fully saturated rings. The Balaban J connectivity index is 1.62. The second-order valence-corrected chi connectivity index (χ2v) is 5.40. The van der Waals surface area contributed by atoms with Crippen LogP contribution in [0, 0.1) is 0 Å². The van der Waals surface area contributed by atoms with E-state index in [2.05, 4.69) is 0 Å². The van der Waals surface area contributed by atoms with Crippen LogP contribution in [0.25, 0.3) is 11.0 Å². The molecule has 1 N–H and O–H groups in total. The van der Waals surface area contributed by atoms with Gasteiger partial charge in [-0.05, 0) is 36.4 Å². The Morgan fingerprint density at radius 1 is 1.08 bits per heavy atom. The highest BCUT2D eigenvalue weighted by Gasteiger charge is 2.10. The van der Waals surface area contributed by atoms with Crippen LogP contribution in [-0.4, -0.2) is 24.8 Å². The SMILES string of the molecule is COc1ccc(OCC(=O)OCc2cc(=O)oc3cc(O)ccc23)cc1. The average Bonchev–Trinajstić information content (AvgIpc) is 2.64. The molecule has 26 heavy (non-hydrogen) atoms. The molecule has 0 spiro atoms. The molecule has 3 aromatic rings. The highest BCUT2D eigenvalue weighted by Crippen LogP contribution is 2.22. The number of esters is 1. The van der Waals surface area contributed by atoms with Crippen LogP contribution >= 0.6 is 0 Å². The fourth-order valence-electron chi connectivity index (χ4n) is 2.35. The predicted octanol–water partition coefficient (Wildman–Crippen LogP) is 2.63. The summed E-state index contributed by atoms with van der Waals surface area (Å²) in [6.45, 7) is -0.385. The van der Waals surface area contributed by atoms with Crippen LogP contribution in [0.15, 0.2) is 57.7 Å². The van der Waals surface area contributed by atoms with Crippen molar-refractivity contribution >= 4 is 16.9 Å². The molecule has 0 aliphatic heterocycles. The fourth-order valence-corrected chi connectivity index (χ4v) is 2.35. The number of benzene rings is 2. The van der Waals surface area contributed by atoms with E-state index in [0.29, 0.717) is 22.4 Å². The zero-order valence-corrected chi connectivity index (χ0v) is 13.9. The van der Waals surface area contributed by atoms with Crippen molar-refractivity contribution in [2.45, 2.75) is 6.61 Å². The van der Waals surface area contributed by atoms with Crippen LogP contribution in [-0.2, 0) is 16.1 Å². The molecule has 7 heteroatoms. The molecule has 1 heterocycles. The van der Waals surface area contributed by atoms with Crippen LogP contribution in [0.3, 0.4) is 0 Å². The number of ether oxygens (including phenoxy) is 3. The van der Waals surface area contributed by atoms with E-state index in [4.69, 9.17) is 18.6 Å². The summed E-state index contributed by atoms with van der Waals surface area (Å²) in [6, 6.07) is 12.4. The normalized spacial score (nSPS) is 10.5. The second-order valence-electron chi connectivity index (χ2n) is 5.40. The van der Waals surface area contributed by atoms with Gasteiger partial charge in [0.1, 0.15) is 29.4 Å². The maximum absolute atomic E-state index is 11.9. The Labute approximate surface area is 148 Å². The Bertz CT molecular complexity index is 973. The maximum atomic E-state index is 11.9. The van der Waals surface area contributed by atoms with Gasteiger partial charge in [0.15, 0.2) is 6.61 Å². The zero-order valence-electron chi connectivity index (χ0n) is 13.9. The van der Waals surface area contributed by atoms with Gasteiger partial charge in [-0.25, -0.2) is 9.59 Å². The van der Waals surface area contributed by atoms with Gasteiger partial charge in [-0.15, -0.1) is 0 Å². The quantitative estimate of drug-likeness (QED) is 0.536. The van der Waals surface area contributed by atoms with Crippen molar-refractivity contribution in [3.8, 4) is 17.2 Å². The molecule has 0 unspecified atom stereocenters. The van der Waals surface area contributed by atoms with Gasteiger partial charge in [0, 0.05) is 23.1 Å². The third-order valence-corrected chi connectivity index (χ3v) is 3.62. The van der Waals surface area contributed by atoms with Gasteiger partial charge in [-0.2, -0.15) is 0 Å². The molecule has 134 valence electrons. The molecule has 0 radical (unpaired) electrons. The number of phenolic OH excluding ortho intramolecular Hbond substituents is 1. The van der Waals surface area contributed by atoms with Crippen LogP contribution in [0.1, 0.15) is 5.56 Å². The monoisotopic (exact) mass is 356 g/mol. The smallest absolute Gasteiger partial charge is 0.344 e. The second kappa shape index (κ2) is 7.60. The maximum Gasteiger partial charge on any atom is 0.344 e. The third kappa shape index (κ3) is 4.13. The first-order valence-corrected chi connectivity index (χ1v) is 7.73. The largest absolute Gasteiger partial charge is 0.508 e. The third-order valence-electron chi connectivity index (χ3n) is 3.62. The molecule has 0 atom stereocenters. The molecule has 2 aromatic carbocycles. The lowest BCUT2D eigenvalue weighted by molar-refractivity contribution is -0.147. The van der Waals surface area contributed by atoms with E-state index in [1.54, 1.807) is 37.4 Å². The van der Waals surface area contributed by atoms with Crippen molar-refractivity contribution in [3.63, 3.8) is 0 Å². The summed E-state index contributed by atoms with van der Waals surface area (Å²) in [6.07, 6.45) is 0. The number of rotatable bonds is 6. The van der Waals surface area contributed by atoms with Crippen LogP contribution < -0.4 is 15.1 Å². The van der Waals surface area contributed by atoms with Crippen molar-refractivity contribution in [2.24, 2.45) is 0 Å². The molecule has 3 rings (SSSR count). The molecular formula is C19H16O7. The summed E-state index contributed by atoms with van der Waals surface area (Å²) in [4.78, 5) is 23.5. The van der Waals surface area contributed by atoms with Gasteiger partial charge in [0.05, 0.1) is 7.11 Å². The molecule has 0 aliphatic carbocycles. The Morgan fingerprint density at radius 3 is 2.54 bits per heavy atom. The molecule has 0 bridgehead atoms. The minimum absolute atomic E-state index is 0.0253. The topological polar surface area (TPSA) is 95.2 Å². The number of fused-ring (bicyclic) bond motifs is 1. The Kier molecular flexibility index (Phi) is 5.07. The van der Waals surface area contributed by atoms with Gasteiger partial charge >= 0.3 is 11.6 Å². The first-order chi connectivity index (χ1) is 12.5. The number of aromatic hydroxyl groups is 1. The highest BCUT2D eigenvalue weighted by molar-refractivity contribution is 5.81. The lowest BCUT2D eigenvalue weighted by atomic mass is 10.1. The summed E-state index contributed by atoms with van der Waals surface area (Å²) in [5, 5.41) is 10.0. The van der Waals surface area contributed by atoms with Gasteiger partial charge in [-0.3, -0.25) is 0 Å². The van der Waals surface area contributed by atoms with Gasteiger partial charge < -0.3 is 23.7 Å².